The van der Waals surface area contributed by atoms with Gasteiger partial charge < -0.3 is 20.1 Å². The SMILES string of the molecule is CC(C)(CCOCc1ccco1)C(N)=NO. The van der Waals surface area contributed by atoms with E-state index in [0.29, 0.717) is 19.6 Å². The Balaban J connectivity index is 2.25. The van der Waals surface area contributed by atoms with Crippen molar-refractivity contribution in [1.82, 2.24) is 0 Å². The molecular formula is C11H18N2O3. The number of nitrogens with two attached hydrogens (primary N) is 1. The average Bonchev–Trinajstić information content (AvgIpc) is 2.76. The molecule has 1 rings (SSSR count). The second-order valence-corrected chi connectivity index (χ2v) is 4.25. The lowest BCUT2D eigenvalue weighted by atomic mass is 9.88. The number of nitrogens with zero attached hydrogens (tertiary/aromatic N) is 1. The van der Waals surface area contributed by atoms with E-state index in [2.05, 4.69) is 5.16 Å². The fraction of sp³-hybridized carbons (Fsp3) is 0.545. The van der Waals surface area contributed by atoms with Crippen LogP contribution in [-0.2, 0) is 11.3 Å². The van der Waals surface area contributed by atoms with Crippen LogP contribution in [0.3, 0.4) is 0 Å². The maximum Gasteiger partial charge on any atom is 0.144 e. The lowest BCUT2D eigenvalue weighted by molar-refractivity contribution is 0.0906. The average molecular weight is 226 g/mol. The van der Waals surface area contributed by atoms with E-state index >= 15 is 0 Å². The lowest BCUT2D eigenvalue weighted by Crippen LogP contribution is -2.33. The number of furan rings is 1. The van der Waals surface area contributed by atoms with E-state index in [-0.39, 0.29) is 11.3 Å². The van der Waals surface area contributed by atoms with Crippen molar-refractivity contribution < 1.29 is 14.4 Å². The topological polar surface area (TPSA) is 81.0 Å². The molecule has 0 saturated carbocycles. The van der Waals surface area contributed by atoms with Crippen LogP contribution in [0.1, 0.15) is 26.0 Å². The van der Waals surface area contributed by atoms with Crippen molar-refractivity contribution in [2.24, 2.45) is 16.3 Å². The summed E-state index contributed by atoms with van der Waals surface area (Å²) < 4.78 is 10.5. The molecule has 1 aromatic rings. The predicted molar refractivity (Wildman–Crippen MR) is 60.2 cm³/mol. The molecule has 0 aromatic carbocycles. The van der Waals surface area contributed by atoms with Gasteiger partial charge in [0.15, 0.2) is 0 Å². The molecule has 0 aliphatic carbocycles. The van der Waals surface area contributed by atoms with Crippen LogP contribution in [0.25, 0.3) is 0 Å². The van der Waals surface area contributed by atoms with Gasteiger partial charge in [-0.1, -0.05) is 19.0 Å². The fourth-order valence-corrected chi connectivity index (χ4v) is 1.16. The minimum Gasteiger partial charge on any atom is -0.467 e. The van der Waals surface area contributed by atoms with Gasteiger partial charge in [-0.25, -0.2) is 0 Å². The Labute approximate surface area is 94.9 Å². The van der Waals surface area contributed by atoms with Crippen LogP contribution in [0.2, 0.25) is 0 Å². The van der Waals surface area contributed by atoms with Gasteiger partial charge in [0.1, 0.15) is 18.2 Å². The molecule has 0 radical (unpaired) electrons. The van der Waals surface area contributed by atoms with Crippen LogP contribution < -0.4 is 5.73 Å². The molecule has 0 fully saturated rings. The fourth-order valence-electron chi connectivity index (χ4n) is 1.16. The number of hydrogen-bond donors (Lipinski definition) is 2. The molecule has 1 heterocycles. The van der Waals surface area contributed by atoms with Crippen LogP contribution in [0.15, 0.2) is 28.0 Å². The maximum absolute atomic E-state index is 8.58. The van der Waals surface area contributed by atoms with Crippen LogP contribution in [-0.4, -0.2) is 17.6 Å². The Morgan fingerprint density at radius 3 is 2.94 bits per heavy atom. The summed E-state index contributed by atoms with van der Waals surface area (Å²) >= 11 is 0. The number of rotatable bonds is 6. The zero-order valence-corrected chi connectivity index (χ0v) is 9.64. The molecule has 0 spiro atoms. The second-order valence-electron chi connectivity index (χ2n) is 4.25. The summed E-state index contributed by atoms with van der Waals surface area (Å²) in [5.41, 5.74) is 5.19. The van der Waals surface area contributed by atoms with Crippen LogP contribution in [0.4, 0.5) is 0 Å². The Morgan fingerprint density at radius 1 is 1.62 bits per heavy atom. The summed E-state index contributed by atoms with van der Waals surface area (Å²) in [4.78, 5) is 0. The predicted octanol–water partition coefficient (Wildman–Crippen LogP) is 1.96. The number of ether oxygens (including phenoxy) is 1. The first kappa shape index (κ1) is 12.6. The molecule has 5 heteroatoms. The first-order chi connectivity index (χ1) is 7.56. The first-order valence-corrected chi connectivity index (χ1v) is 5.14. The lowest BCUT2D eigenvalue weighted by Gasteiger charge is -2.22. The molecule has 0 saturated heterocycles. The van der Waals surface area contributed by atoms with E-state index < -0.39 is 0 Å². The largest absolute Gasteiger partial charge is 0.467 e. The van der Waals surface area contributed by atoms with Gasteiger partial charge in [0.2, 0.25) is 0 Å². The van der Waals surface area contributed by atoms with Crippen molar-refractivity contribution in [1.29, 1.82) is 0 Å². The van der Waals surface area contributed by atoms with E-state index in [9.17, 15) is 0 Å². The molecule has 0 atom stereocenters. The van der Waals surface area contributed by atoms with Crippen molar-refractivity contribution in [2.45, 2.75) is 26.9 Å². The van der Waals surface area contributed by atoms with Crippen molar-refractivity contribution in [3.8, 4) is 0 Å². The van der Waals surface area contributed by atoms with Gasteiger partial charge in [-0.05, 0) is 18.6 Å². The zero-order valence-electron chi connectivity index (χ0n) is 9.64. The zero-order chi connectivity index (χ0) is 12.0. The quantitative estimate of drug-likeness (QED) is 0.255. The molecule has 90 valence electrons. The third-order valence-electron chi connectivity index (χ3n) is 2.50. The Bertz CT molecular complexity index is 331. The highest BCUT2D eigenvalue weighted by Gasteiger charge is 2.23. The highest BCUT2D eigenvalue weighted by atomic mass is 16.5. The van der Waals surface area contributed by atoms with E-state index in [1.807, 2.05) is 26.0 Å². The summed E-state index contributed by atoms with van der Waals surface area (Å²) in [6, 6.07) is 3.67. The van der Waals surface area contributed by atoms with E-state index in [1.165, 1.54) is 0 Å². The molecule has 0 bridgehead atoms. The van der Waals surface area contributed by atoms with Crippen LogP contribution in [0.5, 0.6) is 0 Å². The maximum atomic E-state index is 8.58. The summed E-state index contributed by atoms with van der Waals surface area (Å²) in [6.07, 6.45) is 2.29. The number of amidine groups is 1. The molecule has 3 N–H and O–H groups in total. The number of hydrogen-bond acceptors (Lipinski definition) is 4. The summed E-state index contributed by atoms with van der Waals surface area (Å²) in [5.74, 6) is 1.01. The summed E-state index contributed by atoms with van der Waals surface area (Å²) in [7, 11) is 0. The van der Waals surface area contributed by atoms with Gasteiger partial charge in [0.25, 0.3) is 0 Å². The molecule has 5 nitrogen and oxygen atoms in total. The molecule has 16 heavy (non-hydrogen) atoms. The second kappa shape index (κ2) is 5.55. The van der Waals surface area contributed by atoms with Gasteiger partial charge in [0, 0.05) is 12.0 Å². The Morgan fingerprint density at radius 2 is 2.38 bits per heavy atom. The Kier molecular flexibility index (Phi) is 4.37. The third-order valence-corrected chi connectivity index (χ3v) is 2.50. The van der Waals surface area contributed by atoms with Gasteiger partial charge in [-0.15, -0.1) is 0 Å². The minimum atomic E-state index is -0.363. The van der Waals surface area contributed by atoms with Crippen molar-refractivity contribution in [3.05, 3.63) is 24.2 Å². The molecule has 0 aliphatic heterocycles. The highest BCUT2D eigenvalue weighted by Crippen LogP contribution is 2.20. The monoisotopic (exact) mass is 226 g/mol. The van der Waals surface area contributed by atoms with Gasteiger partial charge in [-0.2, -0.15) is 0 Å². The van der Waals surface area contributed by atoms with Crippen LogP contribution in [0, 0.1) is 5.41 Å². The van der Waals surface area contributed by atoms with Crippen molar-refractivity contribution in [3.63, 3.8) is 0 Å². The Hall–Kier alpha value is -1.49. The first-order valence-electron chi connectivity index (χ1n) is 5.14. The molecule has 0 amide bonds. The number of oxime groups is 1. The normalized spacial score (nSPS) is 13.0. The van der Waals surface area contributed by atoms with Crippen LogP contribution >= 0.6 is 0 Å². The molecule has 0 aliphatic rings. The molecule has 1 aromatic heterocycles. The third kappa shape index (κ3) is 3.58. The molecule has 0 unspecified atom stereocenters. The molecular weight excluding hydrogens is 208 g/mol. The summed E-state index contributed by atoms with van der Waals surface area (Å²) in [6.45, 7) is 4.78. The van der Waals surface area contributed by atoms with Gasteiger partial charge in [-0.3, -0.25) is 0 Å². The van der Waals surface area contributed by atoms with E-state index in [1.54, 1.807) is 6.26 Å². The highest BCUT2D eigenvalue weighted by molar-refractivity contribution is 5.85. The van der Waals surface area contributed by atoms with Gasteiger partial charge >= 0.3 is 0 Å². The van der Waals surface area contributed by atoms with E-state index in [0.717, 1.165) is 5.76 Å². The van der Waals surface area contributed by atoms with Gasteiger partial charge in [0.05, 0.1) is 6.26 Å². The van der Waals surface area contributed by atoms with Crippen molar-refractivity contribution in [2.75, 3.05) is 6.61 Å². The summed E-state index contributed by atoms with van der Waals surface area (Å²) in [5, 5.41) is 11.6. The standard InChI is InChI=1S/C11H18N2O3/c1-11(2,10(12)13-14)5-7-15-8-9-4-3-6-16-9/h3-4,6,14H,5,7-8H2,1-2H3,(H2,12,13). The van der Waals surface area contributed by atoms with E-state index in [4.69, 9.17) is 20.1 Å². The smallest absolute Gasteiger partial charge is 0.144 e. The minimum absolute atomic E-state index is 0.217. The van der Waals surface area contributed by atoms with Crippen molar-refractivity contribution >= 4 is 5.84 Å².